The van der Waals surface area contributed by atoms with Crippen molar-refractivity contribution in [2.75, 3.05) is 7.11 Å². The van der Waals surface area contributed by atoms with Crippen molar-refractivity contribution in [2.45, 2.75) is 20.3 Å². The predicted octanol–water partition coefficient (Wildman–Crippen LogP) is 2.78. The Kier molecular flexibility index (Phi) is 4.08. The Morgan fingerprint density at radius 3 is 2.80 bits per heavy atom. The molecule has 1 N–H and O–H groups in total. The summed E-state index contributed by atoms with van der Waals surface area (Å²) in [4.78, 5) is 11.3. The van der Waals surface area contributed by atoms with Crippen LogP contribution in [0, 0.1) is 5.92 Å². The van der Waals surface area contributed by atoms with Crippen LogP contribution in [-0.2, 0) is 6.42 Å². The average Bonchev–Trinajstić information content (AvgIpc) is 2.81. The topological polar surface area (TPSA) is 64.4 Å². The summed E-state index contributed by atoms with van der Waals surface area (Å²) >= 11 is 0. The summed E-state index contributed by atoms with van der Waals surface area (Å²) in [6, 6.07) is 7.41. The van der Waals surface area contributed by atoms with E-state index in [2.05, 4.69) is 18.9 Å². The molecule has 0 saturated carbocycles. The van der Waals surface area contributed by atoms with E-state index >= 15 is 0 Å². The molecule has 0 spiro atoms. The Bertz CT molecular complexity index is 617. The number of carboxylic acids is 1. The molecule has 0 radical (unpaired) electrons. The largest absolute Gasteiger partial charge is 0.497 e. The third kappa shape index (κ3) is 2.82. The maximum Gasteiger partial charge on any atom is 0.339 e. The molecule has 0 unspecified atom stereocenters. The number of carbonyl (C=O) groups is 1. The molecule has 0 saturated heterocycles. The molecule has 0 bridgehead atoms. The molecule has 1 heterocycles. The van der Waals surface area contributed by atoms with Crippen molar-refractivity contribution in [2.24, 2.45) is 5.92 Å². The third-order valence-electron chi connectivity index (χ3n) is 3.00. The molecular weight excluding hydrogens is 256 g/mol. The number of methoxy groups -OCH3 is 1. The first-order chi connectivity index (χ1) is 9.52. The van der Waals surface area contributed by atoms with Gasteiger partial charge in [-0.1, -0.05) is 19.9 Å². The highest BCUT2D eigenvalue weighted by molar-refractivity contribution is 5.88. The molecule has 5 nitrogen and oxygen atoms in total. The minimum Gasteiger partial charge on any atom is -0.497 e. The standard InChI is InChI=1S/C15H18N2O3/c1-10(2)7-14-13(15(18)19)9-16-17(14)11-5-4-6-12(8-11)20-3/h4-6,8-10H,7H2,1-3H3,(H,18,19). The highest BCUT2D eigenvalue weighted by atomic mass is 16.5. The van der Waals surface area contributed by atoms with Crippen LogP contribution in [0.2, 0.25) is 0 Å². The molecule has 0 amide bonds. The number of aromatic nitrogens is 2. The monoisotopic (exact) mass is 274 g/mol. The maximum absolute atomic E-state index is 11.3. The van der Waals surface area contributed by atoms with Crippen LogP contribution >= 0.6 is 0 Å². The molecule has 0 aliphatic heterocycles. The van der Waals surface area contributed by atoms with Crippen LogP contribution in [0.5, 0.6) is 5.75 Å². The first-order valence-corrected chi connectivity index (χ1v) is 6.47. The van der Waals surface area contributed by atoms with Gasteiger partial charge in [0.05, 0.1) is 24.7 Å². The molecule has 0 fully saturated rings. The average molecular weight is 274 g/mol. The first kappa shape index (κ1) is 14.1. The molecule has 0 atom stereocenters. The Balaban J connectivity index is 2.52. The van der Waals surface area contributed by atoms with Gasteiger partial charge in [-0.3, -0.25) is 0 Å². The van der Waals surface area contributed by atoms with Gasteiger partial charge in [-0.25, -0.2) is 9.48 Å². The second-order valence-electron chi connectivity index (χ2n) is 5.02. The first-order valence-electron chi connectivity index (χ1n) is 6.47. The lowest BCUT2D eigenvalue weighted by Gasteiger charge is -2.11. The SMILES string of the molecule is COc1cccc(-n2ncc(C(=O)O)c2CC(C)C)c1. The Morgan fingerprint density at radius 1 is 1.45 bits per heavy atom. The van der Waals surface area contributed by atoms with Crippen molar-refractivity contribution in [1.82, 2.24) is 9.78 Å². The summed E-state index contributed by atoms with van der Waals surface area (Å²) in [5, 5.41) is 13.5. The van der Waals surface area contributed by atoms with Gasteiger partial charge in [0.2, 0.25) is 0 Å². The van der Waals surface area contributed by atoms with E-state index < -0.39 is 5.97 Å². The van der Waals surface area contributed by atoms with Gasteiger partial charge in [-0.15, -0.1) is 0 Å². The quantitative estimate of drug-likeness (QED) is 0.910. The fourth-order valence-electron chi connectivity index (χ4n) is 2.10. The Hall–Kier alpha value is -2.30. The lowest BCUT2D eigenvalue weighted by molar-refractivity contribution is 0.0695. The summed E-state index contributed by atoms with van der Waals surface area (Å²) in [5.74, 6) is 0.106. The van der Waals surface area contributed by atoms with Gasteiger partial charge in [0.25, 0.3) is 0 Å². The number of carboxylic acid groups (broad SMARTS) is 1. The van der Waals surface area contributed by atoms with E-state index in [1.54, 1.807) is 11.8 Å². The van der Waals surface area contributed by atoms with Gasteiger partial charge in [0, 0.05) is 6.07 Å². The molecule has 20 heavy (non-hydrogen) atoms. The molecule has 5 heteroatoms. The zero-order valence-corrected chi connectivity index (χ0v) is 11.8. The van der Waals surface area contributed by atoms with Crippen molar-refractivity contribution >= 4 is 5.97 Å². The van der Waals surface area contributed by atoms with E-state index in [0.717, 1.165) is 5.69 Å². The maximum atomic E-state index is 11.3. The second kappa shape index (κ2) is 5.77. The fourth-order valence-corrected chi connectivity index (χ4v) is 2.10. The Labute approximate surface area is 117 Å². The van der Waals surface area contributed by atoms with E-state index in [-0.39, 0.29) is 5.56 Å². The highest BCUT2D eigenvalue weighted by Gasteiger charge is 2.18. The third-order valence-corrected chi connectivity index (χ3v) is 3.00. The molecule has 0 aliphatic carbocycles. The van der Waals surface area contributed by atoms with Crippen molar-refractivity contribution in [1.29, 1.82) is 0 Å². The molecule has 106 valence electrons. The minimum atomic E-state index is -0.949. The van der Waals surface area contributed by atoms with Gasteiger partial charge < -0.3 is 9.84 Å². The van der Waals surface area contributed by atoms with Crippen LogP contribution < -0.4 is 4.74 Å². The van der Waals surface area contributed by atoms with Crippen LogP contribution in [0.25, 0.3) is 5.69 Å². The second-order valence-corrected chi connectivity index (χ2v) is 5.02. The smallest absolute Gasteiger partial charge is 0.339 e. The molecular formula is C15H18N2O3. The molecule has 1 aromatic carbocycles. The Morgan fingerprint density at radius 2 is 2.20 bits per heavy atom. The zero-order valence-electron chi connectivity index (χ0n) is 11.8. The van der Waals surface area contributed by atoms with Crippen molar-refractivity contribution < 1.29 is 14.6 Å². The molecule has 0 aliphatic rings. The number of rotatable bonds is 5. The number of hydrogen-bond donors (Lipinski definition) is 1. The molecule has 2 rings (SSSR count). The van der Waals surface area contributed by atoms with E-state index in [1.807, 2.05) is 24.3 Å². The van der Waals surface area contributed by atoms with Crippen LogP contribution in [0.3, 0.4) is 0 Å². The van der Waals surface area contributed by atoms with Crippen LogP contribution in [0.15, 0.2) is 30.5 Å². The van der Waals surface area contributed by atoms with E-state index in [9.17, 15) is 9.90 Å². The van der Waals surface area contributed by atoms with Crippen molar-refractivity contribution in [3.63, 3.8) is 0 Å². The molecule has 1 aromatic heterocycles. The fraction of sp³-hybridized carbons (Fsp3) is 0.333. The number of benzene rings is 1. The lowest BCUT2D eigenvalue weighted by atomic mass is 10.0. The summed E-state index contributed by atoms with van der Waals surface area (Å²) in [6.45, 7) is 4.10. The number of ether oxygens (including phenoxy) is 1. The number of nitrogens with zero attached hydrogens (tertiary/aromatic N) is 2. The summed E-state index contributed by atoms with van der Waals surface area (Å²) in [6.07, 6.45) is 2.05. The normalized spacial score (nSPS) is 10.8. The molecule has 2 aromatic rings. The summed E-state index contributed by atoms with van der Waals surface area (Å²) in [7, 11) is 1.60. The van der Waals surface area contributed by atoms with Crippen molar-refractivity contribution in [3.05, 3.63) is 41.7 Å². The van der Waals surface area contributed by atoms with Crippen LogP contribution in [0.1, 0.15) is 29.9 Å². The summed E-state index contributed by atoms with van der Waals surface area (Å²) < 4.78 is 6.87. The minimum absolute atomic E-state index is 0.251. The zero-order chi connectivity index (χ0) is 14.7. The van der Waals surface area contributed by atoms with Gasteiger partial charge >= 0.3 is 5.97 Å². The van der Waals surface area contributed by atoms with Gasteiger partial charge in [0.15, 0.2) is 0 Å². The van der Waals surface area contributed by atoms with Gasteiger partial charge in [0.1, 0.15) is 11.3 Å². The number of hydrogen-bond acceptors (Lipinski definition) is 3. The van der Waals surface area contributed by atoms with Gasteiger partial charge in [-0.05, 0) is 24.5 Å². The highest BCUT2D eigenvalue weighted by Crippen LogP contribution is 2.21. The van der Waals surface area contributed by atoms with E-state index in [4.69, 9.17) is 4.74 Å². The predicted molar refractivity (Wildman–Crippen MR) is 75.6 cm³/mol. The van der Waals surface area contributed by atoms with Crippen molar-refractivity contribution in [3.8, 4) is 11.4 Å². The number of aromatic carboxylic acids is 1. The van der Waals surface area contributed by atoms with Crippen LogP contribution in [-0.4, -0.2) is 28.0 Å². The lowest BCUT2D eigenvalue weighted by Crippen LogP contribution is -2.09. The van der Waals surface area contributed by atoms with E-state index in [1.165, 1.54) is 6.20 Å². The summed E-state index contributed by atoms with van der Waals surface area (Å²) in [5.41, 5.74) is 1.76. The van der Waals surface area contributed by atoms with Gasteiger partial charge in [-0.2, -0.15) is 5.10 Å². The van der Waals surface area contributed by atoms with Crippen LogP contribution in [0.4, 0.5) is 0 Å². The van der Waals surface area contributed by atoms with E-state index in [0.29, 0.717) is 23.8 Å².